The molecule has 0 radical (unpaired) electrons. The Morgan fingerprint density at radius 2 is 1.90 bits per heavy atom. The minimum absolute atomic E-state index is 0.0930. The van der Waals surface area contributed by atoms with E-state index in [1.807, 2.05) is 6.92 Å². The fraction of sp³-hybridized carbons (Fsp3) is 0.318. The molecule has 2 aromatic rings. The second-order valence-corrected chi connectivity index (χ2v) is 7.99. The zero-order chi connectivity index (χ0) is 22.4. The van der Waals surface area contributed by atoms with Gasteiger partial charge in [-0.15, -0.1) is 0 Å². The largest absolute Gasteiger partial charge is 0.484 e. The standard InChI is InChI=1S/C22H23Cl2N3O4/c1-2-9-25-22(30)14-10-21(29)27(12-14)16-4-6-17(7-5-16)31-13-20(28)26-19-8-3-15(23)11-18(19)24/h3-8,11,14H,2,9-10,12-13H2,1H3,(H,25,30)(H,26,28)/t14-/m1/s1. The lowest BCUT2D eigenvalue weighted by atomic mass is 10.1. The number of hydrogen-bond donors (Lipinski definition) is 2. The fourth-order valence-corrected chi connectivity index (χ4v) is 3.63. The minimum Gasteiger partial charge on any atom is -0.484 e. The predicted molar refractivity (Wildman–Crippen MR) is 121 cm³/mol. The molecule has 0 aliphatic carbocycles. The third kappa shape index (κ3) is 6.12. The summed E-state index contributed by atoms with van der Waals surface area (Å²) in [7, 11) is 0. The zero-order valence-electron chi connectivity index (χ0n) is 17.0. The van der Waals surface area contributed by atoms with Gasteiger partial charge in [0, 0.05) is 30.2 Å². The van der Waals surface area contributed by atoms with Crippen molar-refractivity contribution >= 4 is 52.3 Å². The molecule has 31 heavy (non-hydrogen) atoms. The molecule has 0 unspecified atom stereocenters. The Balaban J connectivity index is 1.52. The van der Waals surface area contributed by atoms with Crippen molar-refractivity contribution in [2.75, 3.05) is 29.9 Å². The van der Waals surface area contributed by atoms with Crippen molar-refractivity contribution in [3.8, 4) is 5.75 Å². The number of anilines is 2. The van der Waals surface area contributed by atoms with Crippen LogP contribution in [0.15, 0.2) is 42.5 Å². The van der Waals surface area contributed by atoms with Gasteiger partial charge in [-0.05, 0) is 48.9 Å². The molecule has 2 N–H and O–H groups in total. The molecule has 164 valence electrons. The smallest absolute Gasteiger partial charge is 0.262 e. The highest BCUT2D eigenvalue weighted by atomic mass is 35.5. The van der Waals surface area contributed by atoms with E-state index >= 15 is 0 Å². The first-order chi connectivity index (χ1) is 14.9. The quantitative estimate of drug-likeness (QED) is 0.621. The van der Waals surface area contributed by atoms with E-state index in [1.54, 1.807) is 41.3 Å². The summed E-state index contributed by atoms with van der Waals surface area (Å²) in [6.45, 7) is 2.72. The summed E-state index contributed by atoms with van der Waals surface area (Å²) in [5, 5.41) is 6.30. The Labute approximate surface area is 190 Å². The van der Waals surface area contributed by atoms with Crippen molar-refractivity contribution in [3.63, 3.8) is 0 Å². The molecule has 2 aromatic carbocycles. The van der Waals surface area contributed by atoms with Crippen LogP contribution < -0.4 is 20.3 Å². The molecule has 1 aliphatic rings. The van der Waals surface area contributed by atoms with Crippen LogP contribution in [0.3, 0.4) is 0 Å². The Hall–Kier alpha value is -2.77. The highest BCUT2D eigenvalue weighted by Crippen LogP contribution is 2.27. The summed E-state index contributed by atoms with van der Waals surface area (Å²) in [5.74, 6) is -0.429. The first kappa shape index (κ1) is 22.9. The normalized spacial score (nSPS) is 15.6. The van der Waals surface area contributed by atoms with Crippen LogP contribution >= 0.6 is 23.2 Å². The number of hydrogen-bond acceptors (Lipinski definition) is 4. The molecule has 0 spiro atoms. The van der Waals surface area contributed by atoms with Crippen molar-refractivity contribution in [1.82, 2.24) is 5.32 Å². The lowest BCUT2D eigenvalue weighted by molar-refractivity contribution is -0.126. The van der Waals surface area contributed by atoms with Gasteiger partial charge < -0.3 is 20.3 Å². The van der Waals surface area contributed by atoms with Gasteiger partial charge in [-0.25, -0.2) is 0 Å². The summed E-state index contributed by atoms with van der Waals surface area (Å²) < 4.78 is 5.50. The average molecular weight is 464 g/mol. The Bertz CT molecular complexity index is 966. The number of rotatable bonds is 8. The molecule has 1 heterocycles. The molecule has 3 amide bonds. The van der Waals surface area contributed by atoms with Gasteiger partial charge in [-0.2, -0.15) is 0 Å². The third-order valence-electron chi connectivity index (χ3n) is 4.77. The van der Waals surface area contributed by atoms with Crippen molar-refractivity contribution in [2.45, 2.75) is 19.8 Å². The number of carbonyl (C=O) groups excluding carboxylic acids is 3. The summed E-state index contributed by atoms with van der Waals surface area (Å²) >= 11 is 11.9. The molecule has 0 aromatic heterocycles. The maximum absolute atomic E-state index is 12.3. The monoisotopic (exact) mass is 463 g/mol. The molecule has 0 saturated carbocycles. The fourth-order valence-electron chi connectivity index (χ4n) is 3.17. The zero-order valence-corrected chi connectivity index (χ0v) is 18.5. The van der Waals surface area contributed by atoms with Gasteiger partial charge in [0.2, 0.25) is 11.8 Å². The summed E-state index contributed by atoms with van der Waals surface area (Å²) in [4.78, 5) is 38.2. The second kappa shape index (κ2) is 10.5. The van der Waals surface area contributed by atoms with Gasteiger partial charge in [0.1, 0.15) is 5.75 Å². The highest BCUT2D eigenvalue weighted by Gasteiger charge is 2.34. The van der Waals surface area contributed by atoms with E-state index in [9.17, 15) is 14.4 Å². The second-order valence-electron chi connectivity index (χ2n) is 7.15. The van der Waals surface area contributed by atoms with Crippen LogP contribution in [-0.4, -0.2) is 37.4 Å². The van der Waals surface area contributed by atoms with E-state index in [1.165, 1.54) is 6.07 Å². The van der Waals surface area contributed by atoms with Crippen LogP contribution in [0.1, 0.15) is 19.8 Å². The van der Waals surface area contributed by atoms with Gasteiger partial charge in [0.15, 0.2) is 6.61 Å². The van der Waals surface area contributed by atoms with Crippen molar-refractivity contribution in [2.24, 2.45) is 5.92 Å². The van der Waals surface area contributed by atoms with Gasteiger partial charge in [-0.3, -0.25) is 14.4 Å². The van der Waals surface area contributed by atoms with E-state index in [4.69, 9.17) is 27.9 Å². The van der Waals surface area contributed by atoms with Gasteiger partial charge in [0.05, 0.1) is 16.6 Å². The number of carbonyl (C=O) groups is 3. The topological polar surface area (TPSA) is 87.7 Å². The Morgan fingerprint density at radius 1 is 1.16 bits per heavy atom. The number of nitrogens with one attached hydrogen (secondary N) is 2. The Morgan fingerprint density at radius 3 is 2.58 bits per heavy atom. The average Bonchev–Trinajstić information content (AvgIpc) is 3.14. The molecule has 1 saturated heterocycles. The molecular formula is C22H23Cl2N3O4. The van der Waals surface area contributed by atoms with Crippen LogP contribution in [0.5, 0.6) is 5.75 Å². The van der Waals surface area contributed by atoms with Crippen molar-refractivity contribution in [1.29, 1.82) is 0 Å². The number of benzene rings is 2. The molecule has 9 heteroatoms. The molecule has 3 rings (SSSR count). The van der Waals surface area contributed by atoms with Crippen LogP contribution in [0, 0.1) is 5.92 Å². The van der Waals surface area contributed by atoms with Gasteiger partial charge in [0.25, 0.3) is 5.91 Å². The van der Waals surface area contributed by atoms with Crippen LogP contribution in [-0.2, 0) is 14.4 Å². The van der Waals surface area contributed by atoms with Crippen LogP contribution in [0.4, 0.5) is 11.4 Å². The number of halogens is 2. The molecular weight excluding hydrogens is 441 g/mol. The first-order valence-electron chi connectivity index (χ1n) is 9.93. The lowest BCUT2D eigenvalue weighted by Gasteiger charge is -2.17. The van der Waals surface area contributed by atoms with Crippen LogP contribution in [0.2, 0.25) is 10.0 Å². The molecule has 7 nitrogen and oxygen atoms in total. The van der Waals surface area contributed by atoms with E-state index in [0.717, 1.165) is 6.42 Å². The molecule has 1 atom stereocenters. The number of amides is 3. The van der Waals surface area contributed by atoms with Crippen molar-refractivity contribution < 1.29 is 19.1 Å². The van der Waals surface area contributed by atoms with Crippen LogP contribution in [0.25, 0.3) is 0 Å². The number of nitrogens with zero attached hydrogens (tertiary/aromatic N) is 1. The number of ether oxygens (including phenoxy) is 1. The molecule has 1 aliphatic heterocycles. The predicted octanol–water partition coefficient (Wildman–Crippen LogP) is 3.89. The van der Waals surface area contributed by atoms with Crippen molar-refractivity contribution in [3.05, 3.63) is 52.5 Å². The Kier molecular flexibility index (Phi) is 7.76. The summed E-state index contributed by atoms with van der Waals surface area (Å²) in [6, 6.07) is 11.6. The van der Waals surface area contributed by atoms with E-state index in [2.05, 4.69) is 10.6 Å². The first-order valence-corrected chi connectivity index (χ1v) is 10.7. The van der Waals surface area contributed by atoms with E-state index in [-0.39, 0.29) is 36.7 Å². The molecule has 1 fully saturated rings. The van der Waals surface area contributed by atoms with E-state index in [0.29, 0.717) is 40.3 Å². The third-order valence-corrected chi connectivity index (χ3v) is 5.32. The van der Waals surface area contributed by atoms with Gasteiger partial charge >= 0.3 is 0 Å². The summed E-state index contributed by atoms with van der Waals surface area (Å²) in [6.07, 6.45) is 1.05. The minimum atomic E-state index is -0.371. The lowest BCUT2D eigenvalue weighted by Crippen LogP contribution is -2.33. The molecule has 0 bridgehead atoms. The maximum atomic E-state index is 12.3. The highest BCUT2D eigenvalue weighted by molar-refractivity contribution is 6.36. The maximum Gasteiger partial charge on any atom is 0.262 e. The van der Waals surface area contributed by atoms with Gasteiger partial charge in [-0.1, -0.05) is 30.1 Å². The SMILES string of the molecule is CCCNC(=O)[C@@H]1CC(=O)N(c2ccc(OCC(=O)Nc3ccc(Cl)cc3Cl)cc2)C1. The summed E-state index contributed by atoms with van der Waals surface area (Å²) in [5.41, 5.74) is 1.13. The van der Waals surface area contributed by atoms with E-state index < -0.39 is 0 Å².